The van der Waals surface area contributed by atoms with E-state index in [1.807, 2.05) is 56.3 Å². The molecule has 0 saturated heterocycles. The maximum Gasteiger partial charge on any atom is 0.163 e. The fourth-order valence-electron chi connectivity index (χ4n) is 2.21. The monoisotopic (exact) mass is 269 g/mol. The molecule has 0 bridgehead atoms. The van der Waals surface area contributed by atoms with E-state index in [0.29, 0.717) is 17.9 Å². The zero-order valence-corrected chi connectivity index (χ0v) is 12.1. The molecular formula is C17H19NO2. The lowest BCUT2D eigenvalue weighted by molar-refractivity contribution is 0.101. The molecule has 0 atom stereocenters. The summed E-state index contributed by atoms with van der Waals surface area (Å²) in [6.07, 6.45) is 0. The Hall–Kier alpha value is -2.29. The number of hydrogen-bond acceptors (Lipinski definition) is 3. The molecule has 2 aromatic rings. The average molecular weight is 269 g/mol. The summed E-state index contributed by atoms with van der Waals surface area (Å²) in [5.41, 5.74) is 3.47. The maximum atomic E-state index is 11.9. The number of Topliss-reactive ketones (excluding diaryl/α,β-unsaturated/α-hetero) is 1. The minimum absolute atomic E-state index is 0.0164. The Bertz CT molecular complexity index is 606. The molecular weight excluding hydrogens is 250 g/mol. The first-order valence-corrected chi connectivity index (χ1v) is 6.73. The first-order valence-electron chi connectivity index (χ1n) is 6.73. The van der Waals surface area contributed by atoms with Crippen LogP contribution in [0, 0.1) is 6.92 Å². The molecule has 1 N–H and O–H groups in total. The summed E-state index contributed by atoms with van der Waals surface area (Å²) < 4.78 is 5.54. The zero-order chi connectivity index (χ0) is 14.5. The van der Waals surface area contributed by atoms with Crippen LogP contribution >= 0.6 is 0 Å². The molecule has 0 aromatic heterocycles. The van der Waals surface area contributed by atoms with Gasteiger partial charge in [0, 0.05) is 11.4 Å². The van der Waals surface area contributed by atoms with Crippen molar-refractivity contribution in [1.29, 1.82) is 0 Å². The second-order valence-electron chi connectivity index (χ2n) is 4.59. The van der Waals surface area contributed by atoms with E-state index in [9.17, 15) is 4.79 Å². The molecule has 3 nitrogen and oxygen atoms in total. The van der Waals surface area contributed by atoms with Gasteiger partial charge in [-0.2, -0.15) is 0 Å². The normalized spacial score (nSPS) is 10.2. The largest absolute Gasteiger partial charge is 0.493 e. The Kier molecular flexibility index (Phi) is 4.41. The summed E-state index contributed by atoms with van der Waals surface area (Å²) in [6.45, 7) is 5.96. The van der Waals surface area contributed by atoms with E-state index >= 15 is 0 Å². The Morgan fingerprint density at radius 3 is 2.45 bits per heavy atom. The molecule has 20 heavy (non-hydrogen) atoms. The van der Waals surface area contributed by atoms with Gasteiger partial charge in [-0.25, -0.2) is 0 Å². The number of anilines is 2. The van der Waals surface area contributed by atoms with Crippen LogP contribution in [-0.2, 0) is 0 Å². The molecule has 0 aliphatic carbocycles. The molecule has 0 unspecified atom stereocenters. The molecule has 0 fully saturated rings. The van der Waals surface area contributed by atoms with Crippen LogP contribution in [0.1, 0.15) is 29.8 Å². The van der Waals surface area contributed by atoms with Crippen molar-refractivity contribution in [2.45, 2.75) is 20.8 Å². The van der Waals surface area contributed by atoms with E-state index < -0.39 is 0 Å². The predicted octanol–water partition coefficient (Wildman–Crippen LogP) is 4.34. The lowest BCUT2D eigenvalue weighted by Gasteiger charge is -2.16. The molecule has 2 aromatic carbocycles. The molecule has 2 rings (SSSR count). The minimum atomic E-state index is 0.0164. The highest BCUT2D eigenvalue weighted by atomic mass is 16.5. The zero-order valence-electron chi connectivity index (χ0n) is 12.1. The van der Waals surface area contributed by atoms with Crippen LogP contribution in [0.3, 0.4) is 0 Å². The number of rotatable bonds is 5. The molecule has 3 heteroatoms. The second-order valence-corrected chi connectivity index (χ2v) is 4.59. The van der Waals surface area contributed by atoms with Crippen molar-refractivity contribution in [2.24, 2.45) is 0 Å². The number of ketones is 1. The van der Waals surface area contributed by atoms with Crippen molar-refractivity contribution in [2.75, 3.05) is 11.9 Å². The van der Waals surface area contributed by atoms with Crippen molar-refractivity contribution in [3.63, 3.8) is 0 Å². The van der Waals surface area contributed by atoms with Gasteiger partial charge in [-0.1, -0.05) is 18.2 Å². The van der Waals surface area contributed by atoms with Gasteiger partial charge in [0.1, 0.15) is 5.75 Å². The first kappa shape index (κ1) is 14.1. The summed E-state index contributed by atoms with van der Waals surface area (Å²) >= 11 is 0. The Morgan fingerprint density at radius 1 is 1.15 bits per heavy atom. The molecule has 0 spiro atoms. The van der Waals surface area contributed by atoms with Crippen molar-refractivity contribution in [3.05, 3.63) is 53.6 Å². The average Bonchev–Trinajstić information content (AvgIpc) is 2.43. The lowest BCUT2D eigenvalue weighted by Crippen LogP contribution is -2.05. The lowest BCUT2D eigenvalue weighted by atomic mass is 10.0. The second kappa shape index (κ2) is 6.24. The third-order valence-electron chi connectivity index (χ3n) is 3.13. The van der Waals surface area contributed by atoms with Gasteiger partial charge in [-0.05, 0) is 50.6 Å². The Labute approximate surface area is 119 Å². The number of nitrogens with one attached hydrogen (secondary N) is 1. The summed E-state index contributed by atoms with van der Waals surface area (Å²) in [4.78, 5) is 11.9. The number of hydrogen-bond donors (Lipinski definition) is 1. The standard InChI is InChI=1S/C17H19NO2/c1-4-20-16-11-10-15(12(2)17(16)13(3)19)18-14-8-6-5-7-9-14/h5-11,18H,4H2,1-3H3. The van der Waals surface area contributed by atoms with Crippen molar-refractivity contribution < 1.29 is 9.53 Å². The highest BCUT2D eigenvalue weighted by Gasteiger charge is 2.15. The highest BCUT2D eigenvalue weighted by Crippen LogP contribution is 2.30. The van der Waals surface area contributed by atoms with Gasteiger partial charge in [0.2, 0.25) is 0 Å². The third-order valence-corrected chi connectivity index (χ3v) is 3.13. The third kappa shape index (κ3) is 2.99. The molecule has 0 saturated carbocycles. The van der Waals surface area contributed by atoms with Crippen LogP contribution < -0.4 is 10.1 Å². The van der Waals surface area contributed by atoms with Gasteiger partial charge in [0.25, 0.3) is 0 Å². The fourth-order valence-corrected chi connectivity index (χ4v) is 2.21. The van der Waals surface area contributed by atoms with Gasteiger partial charge in [0.05, 0.1) is 12.2 Å². The number of carbonyl (C=O) groups is 1. The van der Waals surface area contributed by atoms with Crippen molar-refractivity contribution in [1.82, 2.24) is 0 Å². The topological polar surface area (TPSA) is 38.3 Å². The Balaban J connectivity index is 2.40. The summed E-state index contributed by atoms with van der Waals surface area (Å²) in [7, 11) is 0. The van der Waals surface area contributed by atoms with Gasteiger partial charge in [0.15, 0.2) is 5.78 Å². The predicted molar refractivity (Wildman–Crippen MR) is 82.1 cm³/mol. The molecule has 0 amide bonds. The van der Waals surface area contributed by atoms with E-state index in [1.165, 1.54) is 0 Å². The smallest absolute Gasteiger partial charge is 0.163 e. The van der Waals surface area contributed by atoms with Crippen LogP contribution in [-0.4, -0.2) is 12.4 Å². The van der Waals surface area contributed by atoms with Crippen LogP contribution in [0.25, 0.3) is 0 Å². The van der Waals surface area contributed by atoms with Crippen LogP contribution in [0.4, 0.5) is 11.4 Å². The number of benzene rings is 2. The number of ether oxygens (including phenoxy) is 1. The van der Waals surface area contributed by atoms with Crippen molar-refractivity contribution >= 4 is 17.2 Å². The van der Waals surface area contributed by atoms with Gasteiger partial charge in [-0.15, -0.1) is 0 Å². The first-order chi connectivity index (χ1) is 9.63. The molecule has 0 heterocycles. The van der Waals surface area contributed by atoms with Crippen LogP contribution in [0.2, 0.25) is 0 Å². The summed E-state index contributed by atoms with van der Waals surface area (Å²) in [5, 5.41) is 3.33. The van der Waals surface area contributed by atoms with E-state index in [4.69, 9.17) is 4.74 Å². The van der Waals surface area contributed by atoms with Gasteiger partial charge < -0.3 is 10.1 Å². The summed E-state index contributed by atoms with van der Waals surface area (Å²) in [6, 6.07) is 13.7. The van der Waals surface area contributed by atoms with Crippen LogP contribution in [0.15, 0.2) is 42.5 Å². The molecule has 0 aliphatic rings. The fraction of sp³-hybridized carbons (Fsp3) is 0.235. The van der Waals surface area contributed by atoms with Gasteiger partial charge >= 0.3 is 0 Å². The van der Waals surface area contributed by atoms with Gasteiger partial charge in [-0.3, -0.25) is 4.79 Å². The van der Waals surface area contributed by atoms with E-state index in [0.717, 1.165) is 16.9 Å². The Morgan fingerprint density at radius 2 is 1.85 bits per heavy atom. The van der Waals surface area contributed by atoms with Crippen LogP contribution in [0.5, 0.6) is 5.75 Å². The van der Waals surface area contributed by atoms with E-state index in [2.05, 4.69) is 5.32 Å². The number of para-hydroxylation sites is 1. The number of carbonyl (C=O) groups excluding carboxylic acids is 1. The maximum absolute atomic E-state index is 11.9. The van der Waals surface area contributed by atoms with E-state index in [-0.39, 0.29) is 5.78 Å². The molecule has 0 aliphatic heterocycles. The molecule has 0 radical (unpaired) electrons. The highest BCUT2D eigenvalue weighted by molar-refractivity contribution is 6.00. The minimum Gasteiger partial charge on any atom is -0.493 e. The van der Waals surface area contributed by atoms with Crippen molar-refractivity contribution in [3.8, 4) is 5.75 Å². The quantitative estimate of drug-likeness (QED) is 0.820. The summed E-state index contributed by atoms with van der Waals surface area (Å²) in [5.74, 6) is 0.666. The van der Waals surface area contributed by atoms with E-state index in [1.54, 1.807) is 6.92 Å². The molecule has 104 valence electrons. The SMILES string of the molecule is CCOc1ccc(Nc2ccccc2)c(C)c1C(C)=O.